The molecule has 2 aromatic heterocycles. The first-order valence-electron chi connectivity index (χ1n) is 11.7. The second kappa shape index (κ2) is 8.85. The van der Waals surface area contributed by atoms with Gasteiger partial charge in [0.25, 0.3) is 0 Å². The maximum atomic E-state index is 6.20. The molecule has 0 aliphatic carbocycles. The van der Waals surface area contributed by atoms with Gasteiger partial charge in [-0.2, -0.15) is 0 Å². The van der Waals surface area contributed by atoms with Crippen LogP contribution in [0.2, 0.25) is 0 Å². The van der Waals surface area contributed by atoms with Crippen LogP contribution in [-0.4, -0.2) is 29.3 Å². The zero-order chi connectivity index (χ0) is 22.1. The van der Waals surface area contributed by atoms with Crippen molar-refractivity contribution in [3.8, 4) is 5.75 Å². The fourth-order valence-electron chi connectivity index (χ4n) is 5.19. The summed E-state index contributed by atoms with van der Waals surface area (Å²) in [6.07, 6.45) is 4.12. The topological polar surface area (TPSA) is 71.1 Å². The maximum absolute atomic E-state index is 6.20. The third-order valence-electron chi connectivity index (χ3n) is 6.61. The maximum Gasteiger partial charge on any atom is 0.167 e. The molecule has 0 bridgehead atoms. The summed E-state index contributed by atoms with van der Waals surface area (Å²) >= 11 is 0. The summed E-state index contributed by atoms with van der Waals surface area (Å²) in [5, 5.41) is 5.05. The van der Waals surface area contributed by atoms with E-state index in [1.165, 1.54) is 43.6 Å². The highest BCUT2D eigenvalue weighted by Gasteiger charge is 2.22. The van der Waals surface area contributed by atoms with E-state index in [1.54, 1.807) is 7.11 Å². The summed E-state index contributed by atoms with van der Waals surface area (Å²) < 4.78 is 11.1. The average molecular weight is 429 g/mol. The number of aromatic nitrogens is 2. The van der Waals surface area contributed by atoms with Crippen molar-refractivity contribution < 1.29 is 4.74 Å². The number of fused-ring (bicyclic) bond motifs is 6. The van der Waals surface area contributed by atoms with Gasteiger partial charge in [0.05, 0.1) is 18.1 Å². The van der Waals surface area contributed by atoms with E-state index < -0.39 is 0 Å². The van der Waals surface area contributed by atoms with Gasteiger partial charge in [-0.15, -0.1) is 0 Å². The van der Waals surface area contributed by atoms with Crippen molar-refractivity contribution in [2.45, 2.75) is 38.8 Å². The molecule has 0 spiro atoms. The molecule has 5 rings (SSSR count). The van der Waals surface area contributed by atoms with Crippen LogP contribution in [0.15, 0.2) is 54.6 Å². The Labute approximate surface area is 188 Å². The van der Waals surface area contributed by atoms with Gasteiger partial charge in [-0.05, 0) is 57.0 Å². The van der Waals surface area contributed by atoms with Crippen molar-refractivity contribution in [1.29, 1.82) is 0 Å². The number of ether oxygens (including phenoxy) is 1. The molecule has 5 nitrogen and oxygen atoms in total. The van der Waals surface area contributed by atoms with E-state index in [2.05, 4.69) is 63.7 Å². The number of methoxy groups -OCH3 is 1. The molecule has 3 aromatic carbocycles. The number of hydrogen-bond donors (Lipinski definition) is 2. The molecule has 0 atom stereocenters. The molecular weight excluding hydrogens is 396 g/mol. The van der Waals surface area contributed by atoms with Gasteiger partial charge in [0.15, 0.2) is 5.75 Å². The molecule has 0 radical (unpaired) electrons. The molecule has 0 aliphatic heterocycles. The number of unbranched alkanes of at least 4 members (excludes halogenated alkanes) is 2. The van der Waals surface area contributed by atoms with Crippen LogP contribution in [0.25, 0.3) is 43.6 Å². The van der Waals surface area contributed by atoms with E-state index in [1.807, 2.05) is 0 Å². The van der Waals surface area contributed by atoms with Gasteiger partial charge in [0.1, 0.15) is 0 Å². The molecule has 0 saturated heterocycles. The molecule has 2 heterocycles. The Morgan fingerprint density at radius 2 is 1.12 bits per heavy atom. The van der Waals surface area contributed by atoms with Crippen LogP contribution in [-0.2, 0) is 13.1 Å². The van der Waals surface area contributed by atoms with Crippen molar-refractivity contribution in [2.75, 3.05) is 20.2 Å². The van der Waals surface area contributed by atoms with Crippen molar-refractivity contribution >= 4 is 43.6 Å². The Kier molecular flexibility index (Phi) is 5.77. The Morgan fingerprint density at radius 1 is 0.656 bits per heavy atom. The molecule has 0 saturated carbocycles. The van der Waals surface area contributed by atoms with Gasteiger partial charge < -0.3 is 25.3 Å². The van der Waals surface area contributed by atoms with Gasteiger partial charge in [-0.3, -0.25) is 0 Å². The lowest BCUT2D eigenvalue weighted by Crippen LogP contribution is -2.05. The lowest BCUT2D eigenvalue weighted by molar-refractivity contribution is 0.419. The highest BCUT2D eigenvalue weighted by molar-refractivity contribution is 6.21. The zero-order valence-corrected chi connectivity index (χ0v) is 18.8. The van der Waals surface area contributed by atoms with Crippen LogP contribution < -0.4 is 16.2 Å². The molecular formula is C27H32N4O. The molecule has 0 unspecified atom stereocenters. The Morgan fingerprint density at radius 3 is 1.56 bits per heavy atom. The molecule has 5 heteroatoms. The smallest absolute Gasteiger partial charge is 0.167 e. The first-order chi connectivity index (χ1) is 15.8. The molecule has 4 N–H and O–H groups in total. The lowest BCUT2D eigenvalue weighted by Gasteiger charge is -2.14. The van der Waals surface area contributed by atoms with Crippen LogP contribution in [0, 0.1) is 0 Å². The fourth-order valence-corrected chi connectivity index (χ4v) is 5.19. The van der Waals surface area contributed by atoms with E-state index >= 15 is 0 Å². The summed E-state index contributed by atoms with van der Waals surface area (Å²) in [7, 11) is 1.80. The summed E-state index contributed by atoms with van der Waals surface area (Å²) in [6, 6.07) is 19.7. The summed E-state index contributed by atoms with van der Waals surface area (Å²) in [5.74, 6) is 0.963. The minimum absolute atomic E-state index is 0.716. The van der Waals surface area contributed by atoms with Gasteiger partial charge in [-0.1, -0.05) is 36.4 Å². The summed E-state index contributed by atoms with van der Waals surface area (Å²) in [5.41, 5.74) is 16.5. The standard InChI is InChI=1S/C27H32N4O/c1-32-27-25-21(19-10-2-4-12-23(19)30(25)16-8-6-14-28)18-22-20-11-3-5-13-24(20)31(26(22)27)17-9-7-15-29/h2-5,10-13,18H,6-9,14-17,28-29H2,1H3. The first-order valence-corrected chi connectivity index (χ1v) is 11.7. The second-order valence-electron chi connectivity index (χ2n) is 8.53. The summed E-state index contributed by atoms with van der Waals surface area (Å²) in [4.78, 5) is 0. The molecule has 32 heavy (non-hydrogen) atoms. The van der Waals surface area contributed by atoms with Crippen LogP contribution in [0.1, 0.15) is 25.7 Å². The molecule has 0 aliphatic rings. The SMILES string of the molecule is COc1c2c(cc3c4ccccc4n(CCCCN)c13)c1ccccc1n2CCCCN. The molecule has 166 valence electrons. The number of rotatable bonds is 9. The normalized spacial score (nSPS) is 12.0. The second-order valence-corrected chi connectivity index (χ2v) is 8.53. The minimum Gasteiger partial charge on any atom is -0.492 e. The van der Waals surface area contributed by atoms with Crippen molar-refractivity contribution in [3.05, 3.63) is 54.6 Å². The van der Waals surface area contributed by atoms with E-state index in [-0.39, 0.29) is 0 Å². The monoisotopic (exact) mass is 428 g/mol. The average Bonchev–Trinajstić information content (AvgIpc) is 3.31. The van der Waals surface area contributed by atoms with E-state index in [0.717, 1.165) is 44.5 Å². The fraction of sp³-hybridized carbons (Fsp3) is 0.333. The predicted octanol–water partition coefficient (Wildman–Crippen LogP) is 5.39. The third-order valence-corrected chi connectivity index (χ3v) is 6.61. The summed E-state index contributed by atoms with van der Waals surface area (Å²) in [6.45, 7) is 3.29. The zero-order valence-electron chi connectivity index (χ0n) is 18.8. The molecule has 0 fully saturated rings. The Hall–Kier alpha value is -3.02. The van der Waals surface area contributed by atoms with Crippen molar-refractivity contribution in [1.82, 2.24) is 9.13 Å². The van der Waals surface area contributed by atoms with Gasteiger partial charge in [-0.25, -0.2) is 0 Å². The number of nitrogens with zero attached hydrogens (tertiary/aromatic N) is 2. The lowest BCUT2D eigenvalue weighted by atomic mass is 10.1. The quantitative estimate of drug-likeness (QED) is 0.309. The number of nitrogens with two attached hydrogens (primary N) is 2. The number of aryl methyl sites for hydroxylation is 2. The number of hydrogen-bond acceptors (Lipinski definition) is 3. The van der Waals surface area contributed by atoms with E-state index in [9.17, 15) is 0 Å². The van der Waals surface area contributed by atoms with Crippen LogP contribution in [0.3, 0.4) is 0 Å². The third kappa shape index (κ3) is 3.24. The van der Waals surface area contributed by atoms with Crippen molar-refractivity contribution in [3.63, 3.8) is 0 Å². The minimum atomic E-state index is 0.716. The number of para-hydroxylation sites is 2. The molecule has 0 amide bonds. The van der Waals surface area contributed by atoms with Crippen molar-refractivity contribution in [2.24, 2.45) is 11.5 Å². The van der Waals surface area contributed by atoms with Gasteiger partial charge in [0.2, 0.25) is 0 Å². The Balaban J connectivity index is 1.88. The Bertz CT molecular complexity index is 1290. The number of benzene rings is 3. The highest BCUT2D eigenvalue weighted by atomic mass is 16.5. The highest BCUT2D eigenvalue weighted by Crippen LogP contribution is 2.44. The van der Waals surface area contributed by atoms with E-state index in [0.29, 0.717) is 13.1 Å². The van der Waals surface area contributed by atoms with Crippen LogP contribution in [0.5, 0.6) is 5.75 Å². The van der Waals surface area contributed by atoms with Gasteiger partial charge >= 0.3 is 0 Å². The van der Waals surface area contributed by atoms with E-state index in [4.69, 9.17) is 16.2 Å². The van der Waals surface area contributed by atoms with Crippen LogP contribution >= 0.6 is 0 Å². The largest absolute Gasteiger partial charge is 0.492 e. The molecule has 5 aromatic rings. The van der Waals surface area contributed by atoms with Gasteiger partial charge in [0, 0.05) is 45.7 Å². The van der Waals surface area contributed by atoms with Crippen LogP contribution in [0.4, 0.5) is 0 Å². The first kappa shape index (κ1) is 20.9. The predicted molar refractivity (Wildman–Crippen MR) is 136 cm³/mol.